The van der Waals surface area contributed by atoms with E-state index in [1.807, 2.05) is 0 Å². The lowest BCUT2D eigenvalue weighted by atomic mass is 9.63. The molecule has 0 spiro atoms. The fourth-order valence-electron chi connectivity index (χ4n) is 5.25. The maximum absolute atomic E-state index is 4.07. The Morgan fingerprint density at radius 1 is 0.842 bits per heavy atom. The van der Waals surface area contributed by atoms with Crippen molar-refractivity contribution in [3.05, 3.63) is 0 Å². The van der Waals surface area contributed by atoms with Gasteiger partial charge in [0.2, 0.25) is 0 Å². The standard InChI is InChI=1S/C18H35N/c1-13-8-7-9-14(2)16(13)19-15-10-17(3,4)12-18(5,6)11-15/h13-16,19H,7-12H2,1-6H3. The smallest absolute Gasteiger partial charge is 0.0121 e. The molecule has 0 bridgehead atoms. The molecule has 2 fully saturated rings. The highest BCUT2D eigenvalue weighted by molar-refractivity contribution is 4.95. The lowest BCUT2D eigenvalue weighted by molar-refractivity contribution is 0.0656. The molecule has 0 radical (unpaired) electrons. The largest absolute Gasteiger partial charge is 0.311 e. The summed E-state index contributed by atoms with van der Waals surface area (Å²) in [5.74, 6) is 1.72. The van der Waals surface area contributed by atoms with E-state index in [0.29, 0.717) is 10.8 Å². The molecule has 0 heterocycles. The van der Waals surface area contributed by atoms with Crippen LogP contribution in [0.1, 0.15) is 80.1 Å². The van der Waals surface area contributed by atoms with E-state index < -0.39 is 0 Å². The molecule has 19 heavy (non-hydrogen) atoms. The first-order valence-electron chi connectivity index (χ1n) is 8.45. The summed E-state index contributed by atoms with van der Waals surface area (Å²) < 4.78 is 0. The van der Waals surface area contributed by atoms with Gasteiger partial charge in [-0.1, -0.05) is 48.0 Å². The maximum atomic E-state index is 4.07. The van der Waals surface area contributed by atoms with Crippen LogP contribution in [0.25, 0.3) is 0 Å². The van der Waals surface area contributed by atoms with Crippen molar-refractivity contribution in [2.45, 2.75) is 92.2 Å². The fourth-order valence-corrected chi connectivity index (χ4v) is 5.25. The van der Waals surface area contributed by atoms with Crippen LogP contribution in [0.2, 0.25) is 0 Å². The van der Waals surface area contributed by atoms with Crippen LogP contribution in [0.4, 0.5) is 0 Å². The Bertz CT molecular complexity index is 279. The Morgan fingerprint density at radius 2 is 1.32 bits per heavy atom. The first-order chi connectivity index (χ1) is 8.69. The van der Waals surface area contributed by atoms with Gasteiger partial charge in [0, 0.05) is 12.1 Å². The molecule has 1 N–H and O–H groups in total. The molecule has 0 aliphatic heterocycles. The molecule has 2 aliphatic rings. The molecule has 2 aliphatic carbocycles. The highest BCUT2D eigenvalue weighted by Crippen LogP contribution is 2.46. The SMILES string of the molecule is CC1CCCC(C)C1NC1CC(C)(C)CC(C)(C)C1. The topological polar surface area (TPSA) is 12.0 Å². The minimum atomic E-state index is 0.501. The van der Waals surface area contributed by atoms with Crippen molar-refractivity contribution in [1.82, 2.24) is 5.32 Å². The molecule has 2 atom stereocenters. The Balaban J connectivity index is 2.01. The van der Waals surface area contributed by atoms with E-state index in [9.17, 15) is 0 Å². The molecule has 1 heteroatoms. The Hall–Kier alpha value is -0.0400. The van der Waals surface area contributed by atoms with Gasteiger partial charge in [-0.05, 0) is 54.8 Å². The van der Waals surface area contributed by atoms with Crippen LogP contribution in [-0.4, -0.2) is 12.1 Å². The van der Waals surface area contributed by atoms with E-state index >= 15 is 0 Å². The summed E-state index contributed by atoms with van der Waals surface area (Å²) in [5, 5.41) is 4.07. The van der Waals surface area contributed by atoms with Gasteiger partial charge >= 0.3 is 0 Å². The third kappa shape index (κ3) is 3.97. The molecule has 112 valence electrons. The third-order valence-corrected chi connectivity index (χ3v) is 5.53. The molecule has 0 aromatic rings. The van der Waals surface area contributed by atoms with Gasteiger partial charge in [0.1, 0.15) is 0 Å². The van der Waals surface area contributed by atoms with Gasteiger partial charge in [-0.2, -0.15) is 0 Å². The Morgan fingerprint density at radius 3 is 1.79 bits per heavy atom. The Kier molecular flexibility index (Phi) is 4.35. The highest BCUT2D eigenvalue weighted by Gasteiger charge is 2.40. The summed E-state index contributed by atoms with van der Waals surface area (Å²) >= 11 is 0. The van der Waals surface area contributed by atoms with Crippen LogP contribution in [0.3, 0.4) is 0 Å². The monoisotopic (exact) mass is 265 g/mol. The zero-order valence-corrected chi connectivity index (χ0v) is 14.1. The molecular formula is C18H35N. The molecule has 0 saturated heterocycles. The molecule has 2 unspecified atom stereocenters. The average molecular weight is 265 g/mol. The van der Waals surface area contributed by atoms with Crippen LogP contribution in [0.15, 0.2) is 0 Å². The van der Waals surface area contributed by atoms with E-state index in [2.05, 4.69) is 46.9 Å². The summed E-state index contributed by atoms with van der Waals surface area (Å²) in [6.07, 6.45) is 8.35. The van der Waals surface area contributed by atoms with Crippen LogP contribution in [0.5, 0.6) is 0 Å². The fraction of sp³-hybridized carbons (Fsp3) is 1.00. The van der Waals surface area contributed by atoms with Gasteiger partial charge in [-0.3, -0.25) is 0 Å². The molecular weight excluding hydrogens is 230 g/mol. The normalized spacial score (nSPS) is 39.2. The van der Waals surface area contributed by atoms with Gasteiger partial charge in [0.05, 0.1) is 0 Å². The van der Waals surface area contributed by atoms with Gasteiger partial charge < -0.3 is 5.32 Å². The molecule has 0 aromatic carbocycles. The van der Waals surface area contributed by atoms with Crippen LogP contribution < -0.4 is 5.32 Å². The van der Waals surface area contributed by atoms with Crippen molar-refractivity contribution in [1.29, 1.82) is 0 Å². The quantitative estimate of drug-likeness (QED) is 0.740. The lowest BCUT2D eigenvalue weighted by Gasteiger charge is -2.48. The van der Waals surface area contributed by atoms with Crippen LogP contribution in [0, 0.1) is 22.7 Å². The minimum absolute atomic E-state index is 0.501. The predicted molar refractivity (Wildman–Crippen MR) is 84.3 cm³/mol. The molecule has 2 saturated carbocycles. The van der Waals surface area contributed by atoms with Crippen molar-refractivity contribution in [3.63, 3.8) is 0 Å². The third-order valence-electron chi connectivity index (χ3n) is 5.53. The van der Waals surface area contributed by atoms with Crippen molar-refractivity contribution in [2.75, 3.05) is 0 Å². The lowest BCUT2D eigenvalue weighted by Crippen LogP contribution is -2.52. The number of rotatable bonds is 2. The van der Waals surface area contributed by atoms with Gasteiger partial charge in [0.15, 0.2) is 0 Å². The molecule has 0 aromatic heterocycles. The number of hydrogen-bond donors (Lipinski definition) is 1. The first-order valence-corrected chi connectivity index (χ1v) is 8.45. The summed E-state index contributed by atoms with van der Waals surface area (Å²) in [6.45, 7) is 14.7. The van der Waals surface area contributed by atoms with E-state index in [4.69, 9.17) is 0 Å². The van der Waals surface area contributed by atoms with Crippen molar-refractivity contribution in [2.24, 2.45) is 22.7 Å². The second-order valence-corrected chi connectivity index (χ2v) is 9.19. The maximum Gasteiger partial charge on any atom is 0.0121 e. The minimum Gasteiger partial charge on any atom is -0.311 e. The van der Waals surface area contributed by atoms with Gasteiger partial charge in [-0.25, -0.2) is 0 Å². The van der Waals surface area contributed by atoms with E-state index in [1.165, 1.54) is 38.5 Å². The highest BCUT2D eigenvalue weighted by atomic mass is 15.0. The molecule has 0 amide bonds. The second kappa shape index (κ2) is 5.39. The summed E-state index contributed by atoms with van der Waals surface area (Å²) in [6, 6.07) is 1.48. The Labute approximate surface area is 120 Å². The number of hydrogen-bond acceptors (Lipinski definition) is 1. The zero-order valence-electron chi connectivity index (χ0n) is 14.1. The average Bonchev–Trinajstić information content (AvgIpc) is 2.19. The van der Waals surface area contributed by atoms with E-state index in [1.54, 1.807) is 0 Å². The van der Waals surface area contributed by atoms with Crippen molar-refractivity contribution < 1.29 is 0 Å². The first kappa shape index (κ1) is 15.4. The molecule has 2 rings (SSSR count). The van der Waals surface area contributed by atoms with Gasteiger partial charge in [-0.15, -0.1) is 0 Å². The zero-order chi connectivity index (χ0) is 14.3. The van der Waals surface area contributed by atoms with Crippen LogP contribution >= 0.6 is 0 Å². The second-order valence-electron chi connectivity index (χ2n) is 9.19. The van der Waals surface area contributed by atoms with Gasteiger partial charge in [0.25, 0.3) is 0 Å². The summed E-state index contributed by atoms with van der Waals surface area (Å²) in [4.78, 5) is 0. The van der Waals surface area contributed by atoms with E-state index in [-0.39, 0.29) is 0 Å². The van der Waals surface area contributed by atoms with Crippen LogP contribution in [-0.2, 0) is 0 Å². The van der Waals surface area contributed by atoms with Crippen molar-refractivity contribution in [3.8, 4) is 0 Å². The molecule has 1 nitrogen and oxygen atoms in total. The summed E-state index contributed by atoms with van der Waals surface area (Å²) in [7, 11) is 0. The van der Waals surface area contributed by atoms with E-state index in [0.717, 1.165) is 23.9 Å². The summed E-state index contributed by atoms with van der Waals surface area (Å²) in [5.41, 5.74) is 1.00. The predicted octanol–water partition coefficient (Wildman–Crippen LogP) is 5.01. The van der Waals surface area contributed by atoms with Crippen molar-refractivity contribution >= 4 is 0 Å². The number of nitrogens with one attached hydrogen (secondary N) is 1.